The van der Waals surface area contributed by atoms with Crippen LogP contribution in [0.5, 0.6) is 0 Å². The van der Waals surface area contributed by atoms with Crippen molar-refractivity contribution >= 4 is 11.6 Å². The molecule has 0 fully saturated rings. The molecule has 0 aromatic heterocycles. The van der Waals surface area contributed by atoms with Crippen LogP contribution in [0.25, 0.3) is 0 Å². The van der Waals surface area contributed by atoms with Gasteiger partial charge in [-0.25, -0.2) is 0 Å². The van der Waals surface area contributed by atoms with Crippen molar-refractivity contribution in [2.75, 3.05) is 33.1 Å². The monoisotopic (exact) mass is 265 g/mol. The van der Waals surface area contributed by atoms with E-state index >= 15 is 0 Å². The number of hydrogen-bond acceptors (Lipinski definition) is 4. The lowest BCUT2D eigenvalue weighted by Crippen LogP contribution is -2.39. The van der Waals surface area contributed by atoms with Crippen molar-refractivity contribution in [3.05, 3.63) is 29.3 Å². The highest BCUT2D eigenvalue weighted by Gasteiger charge is 2.13. The standard InChI is InChI=1S/C14H23N3O2/c1-10-5-11(8-17(2)3)7-12(6-10)16-14(18)13(15)9-19-4/h5-7,13H,8-9,15H2,1-4H3,(H,16,18). The first-order valence-electron chi connectivity index (χ1n) is 6.23. The molecular weight excluding hydrogens is 242 g/mol. The quantitative estimate of drug-likeness (QED) is 0.804. The van der Waals surface area contributed by atoms with Crippen molar-refractivity contribution < 1.29 is 9.53 Å². The van der Waals surface area contributed by atoms with Crippen molar-refractivity contribution in [1.82, 2.24) is 4.90 Å². The number of nitrogens with one attached hydrogen (secondary N) is 1. The maximum atomic E-state index is 11.8. The second-order valence-electron chi connectivity index (χ2n) is 5.00. The lowest BCUT2D eigenvalue weighted by Gasteiger charge is -2.15. The van der Waals surface area contributed by atoms with E-state index in [4.69, 9.17) is 10.5 Å². The minimum absolute atomic E-state index is 0.211. The molecule has 1 aromatic rings. The zero-order valence-electron chi connectivity index (χ0n) is 12.1. The molecule has 0 aliphatic rings. The summed E-state index contributed by atoms with van der Waals surface area (Å²) >= 11 is 0. The van der Waals surface area contributed by atoms with E-state index in [1.54, 1.807) is 0 Å². The molecule has 3 N–H and O–H groups in total. The molecule has 0 radical (unpaired) electrons. The van der Waals surface area contributed by atoms with E-state index in [0.717, 1.165) is 23.4 Å². The number of rotatable bonds is 6. The van der Waals surface area contributed by atoms with Crippen molar-refractivity contribution in [2.24, 2.45) is 5.73 Å². The van der Waals surface area contributed by atoms with Gasteiger partial charge >= 0.3 is 0 Å². The highest BCUT2D eigenvalue weighted by Crippen LogP contribution is 2.15. The van der Waals surface area contributed by atoms with Crippen LogP contribution in [0.2, 0.25) is 0 Å². The van der Waals surface area contributed by atoms with Gasteiger partial charge in [-0.05, 0) is 44.3 Å². The Morgan fingerprint density at radius 2 is 2.11 bits per heavy atom. The first kappa shape index (κ1) is 15.6. The Hall–Kier alpha value is -1.43. The third-order valence-corrected chi connectivity index (χ3v) is 2.59. The number of ether oxygens (including phenoxy) is 1. The van der Waals surface area contributed by atoms with Gasteiger partial charge in [-0.3, -0.25) is 4.79 Å². The molecule has 1 amide bonds. The molecule has 0 aliphatic carbocycles. The summed E-state index contributed by atoms with van der Waals surface area (Å²) in [5.74, 6) is -0.233. The maximum absolute atomic E-state index is 11.8. The molecule has 1 atom stereocenters. The van der Waals surface area contributed by atoms with E-state index in [-0.39, 0.29) is 12.5 Å². The lowest BCUT2D eigenvalue weighted by atomic mass is 10.1. The minimum atomic E-state index is -0.650. The first-order valence-corrected chi connectivity index (χ1v) is 6.23. The molecular formula is C14H23N3O2. The fraction of sp³-hybridized carbons (Fsp3) is 0.500. The Morgan fingerprint density at radius 3 is 2.68 bits per heavy atom. The number of benzene rings is 1. The fourth-order valence-electron chi connectivity index (χ4n) is 1.88. The minimum Gasteiger partial charge on any atom is -0.383 e. The average molecular weight is 265 g/mol. The molecule has 1 rings (SSSR count). The molecule has 1 aromatic carbocycles. The van der Waals surface area contributed by atoms with Crippen LogP contribution in [0, 0.1) is 6.92 Å². The first-order chi connectivity index (χ1) is 8.92. The van der Waals surface area contributed by atoms with Crippen LogP contribution in [-0.4, -0.2) is 44.7 Å². The van der Waals surface area contributed by atoms with Crippen LogP contribution in [-0.2, 0) is 16.1 Å². The molecule has 106 valence electrons. The van der Waals surface area contributed by atoms with Crippen LogP contribution in [0.1, 0.15) is 11.1 Å². The smallest absolute Gasteiger partial charge is 0.243 e. The lowest BCUT2D eigenvalue weighted by molar-refractivity contribution is -0.118. The van der Waals surface area contributed by atoms with Gasteiger partial charge in [0.15, 0.2) is 0 Å². The number of nitrogens with zero attached hydrogens (tertiary/aromatic N) is 1. The Balaban J connectivity index is 2.77. The van der Waals surface area contributed by atoms with Crippen LogP contribution >= 0.6 is 0 Å². The van der Waals surface area contributed by atoms with Gasteiger partial charge in [-0.1, -0.05) is 6.07 Å². The Morgan fingerprint density at radius 1 is 1.42 bits per heavy atom. The van der Waals surface area contributed by atoms with Crippen LogP contribution in [0.15, 0.2) is 18.2 Å². The van der Waals surface area contributed by atoms with Crippen LogP contribution in [0.3, 0.4) is 0 Å². The largest absolute Gasteiger partial charge is 0.383 e. The number of carbonyl (C=O) groups is 1. The molecule has 5 heteroatoms. The van der Waals surface area contributed by atoms with E-state index in [1.807, 2.05) is 33.2 Å². The summed E-state index contributed by atoms with van der Waals surface area (Å²) < 4.78 is 4.87. The Kier molecular flexibility index (Phi) is 5.95. The summed E-state index contributed by atoms with van der Waals surface area (Å²) in [7, 11) is 5.54. The van der Waals surface area contributed by atoms with Crippen LogP contribution in [0.4, 0.5) is 5.69 Å². The van der Waals surface area contributed by atoms with E-state index < -0.39 is 6.04 Å². The van der Waals surface area contributed by atoms with Gasteiger partial charge in [0, 0.05) is 19.3 Å². The molecule has 0 heterocycles. The van der Waals surface area contributed by atoms with Gasteiger partial charge in [0.2, 0.25) is 5.91 Å². The zero-order chi connectivity index (χ0) is 14.4. The maximum Gasteiger partial charge on any atom is 0.243 e. The topological polar surface area (TPSA) is 67.6 Å². The van der Waals surface area contributed by atoms with E-state index in [1.165, 1.54) is 7.11 Å². The SMILES string of the molecule is COCC(N)C(=O)Nc1cc(C)cc(CN(C)C)c1. The van der Waals surface area contributed by atoms with E-state index in [0.29, 0.717) is 0 Å². The number of anilines is 1. The number of methoxy groups -OCH3 is 1. The normalized spacial score (nSPS) is 12.5. The van der Waals surface area contributed by atoms with E-state index in [2.05, 4.69) is 16.3 Å². The number of amides is 1. The highest BCUT2D eigenvalue weighted by atomic mass is 16.5. The molecule has 0 aliphatic heterocycles. The van der Waals surface area contributed by atoms with Crippen molar-refractivity contribution in [1.29, 1.82) is 0 Å². The molecule has 1 unspecified atom stereocenters. The van der Waals surface area contributed by atoms with Gasteiger partial charge in [-0.15, -0.1) is 0 Å². The van der Waals surface area contributed by atoms with E-state index in [9.17, 15) is 4.79 Å². The third kappa shape index (κ3) is 5.38. The second kappa shape index (κ2) is 7.23. The van der Waals surface area contributed by atoms with Gasteiger partial charge in [-0.2, -0.15) is 0 Å². The molecule has 19 heavy (non-hydrogen) atoms. The molecule has 0 bridgehead atoms. The van der Waals surface area contributed by atoms with Gasteiger partial charge in [0.1, 0.15) is 6.04 Å². The number of nitrogens with two attached hydrogens (primary N) is 1. The van der Waals surface area contributed by atoms with Crippen molar-refractivity contribution in [3.63, 3.8) is 0 Å². The predicted molar refractivity (Wildman–Crippen MR) is 77.1 cm³/mol. The average Bonchev–Trinajstić information content (AvgIpc) is 2.27. The molecule has 0 saturated heterocycles. The number of hydrogen-bond donors (Lipinski definition) is 2. The highest BCUT2D eigenvalue weighted by molar-refractivity contribution is 5.94. The predicted octanol–water partition coefficient (Wildman–Crippen LogP) is 0.969. The van der Waals surface area contributed by atoms with Crippen molar-refractivity contribution in [3.8, 4) is 0 Å². The summed E-state index contributed by atoms with van der Waals surface area (Å²) in [6, 6.07) is 5.34. The van der Waals surface area contributed by atoms with Crippen LogP contribution < -0.4 is 11.1 Å². The summed E-state index contributed by atoms with van der Waals surface area (Å²) in [5, 5.41) is 2.82. The van der Waals surface area contributed by atoms with Gasteiger partial charge < -0.3 is 20.7 Å². The summed E-state index contributed by atoms with van der Waals surface area (Å²) in [4.78, 5) is 13.9. The molecule has 0 spiro atoms. The fourth-order valence-corrected chi connectivity index (χ4v) is 1.88. The summed E-state index contributed by atoms with van der Waals surface area (Å²) in [6.45, 7) is 3.04. The zero-order valence-corrected chi connectivity index (χ0v) is 12.1. The summed E-state index contributed by atoms with van der Waals surface area (Å²) in [5.41, 5.74) is 8.72. The molecule has 0 saturated carbocycles. The number of carbonyl (C=O) groups excluding carboxylic acids is 1. The second-order valence-corrected chi connectivity index (χ2v) is 5.00. The summed E-state index contributed by atoms with van der Waals surface area (Å²) in [6.07, 6.45) is 0. The van der Waals surface area contributed by atoms with Gasteiger partial charge in [0.25, 0.3) is 0 Å². The van der Waals surface area contributed by atoms with Gasteiger partial charge in [0.05, 0.1) is 6.61 Å². The van der Waals surface area contributed by atoms with Crippen molar-refractivity contribution in [2.45, 2.75) is 19.5 Å². The Bertz CT molecular complexity index is 433. The number of aryl methyl sites for hydroxylation is 1. The Labute approximate surface area is 114 Å². The third-order valence-electron chi connectivity index (χ3n) is 2.59. The molecule has 5 nitrogen and oxygen atoms in total.